The lowest BCUT2D eigenvalue weighted by Crippen LogP contribution is -2.02. The highest BCUT2D eigenvalue weighted by Gasteiger charge is 2.15. The van der Waals surface area contributed by atoms with E-state index in [0.29, 0.717) is 22.4 Å². The van der Waals surface area contributed by atoms with Gasteiger partial charge in [0, 0.05) is 6.42 Å². The van der Waals surface area contributed by atoms with Gasteiger partial charge in [-0.05, 0) is 45.0 Å². The molecule has 0 heterocycles. The number of benzene rings is 1. The summed E-state index contributed by atoms with van der Waals surface area (Å²) in [4.78, 5) is 10.5. The van der Waals surface area contributed by atoms with E-state index in [1.165, 1.54) is 0 Å². The van der Waals surface area contributed by atoms with E-state index in [-0.39, 0.29) is 11.7 Å². The van der Waals surface area contributed by atoms with Gasteiger partial charge in [0.05, 0.1) is 4.47 Å². The first-order valence-corrected chi connectivity index (χ1v) is 6.19. The van der Waals surface area contributed by atoms with E-state index in [1.54, 1.807) is 6.07 Å². The van der Waals surface area contributed by atoms with Crippen LogP contribution in [0.4, 0.5) is 4.39 Å². The van der Waals surface area contributed by atoms with Crippen molar-refractivity contribution < 1.29 is 9.18 Å². The summed E-state index contributed by atoms with van der Waals surface area (Å²) in [5, 5.41) is 0. The van der Waals surface area contributed by atoms with Crippen molar-refractivity contribution in [2.75, 3.05) is 0 Å². The molecule has 0 aromatic heterocycles. The quantitative estimate of drug-likeness (QED) is 0.750. The number of aldehydes is 1. The highest BCUT2D eigenvalue weighted by atomic mass is 79.9. The summed E-state index contributed by atoms with van der Waals surface area (Å²) >= 11 is 3.22. The van der Waals surface area contributed by atoms with Gasteiger partial charge in [-0.15, -0.1) is 0 Å². The van der Waals surface area contributed by atoms with Crippen LogP contribution in [0.3, 0.4) is 0 Å². The Balaban J connectivity index is 3.20. The van der Waals surface area contributed by atoms with Gasteiger partial charge in [0.25, 0.3) is 0 Å². The monoisotopic (exact) mass is 286 g/mol. The van der Waals surface area contributed by atoms with Gasteiger partial charge in [-0.3, -0.25) is 0 Å². The zero-order chi connectivity index (χ0) is 12.3. The molecule has 0 aliphatic rings. The van der Waals surface area contributed by atoms with Gasteiger partial charge in [-0.2, -0.15) is 0 Å². The van der Waals surface area contributed by atoms with Gasteiger partial charge in [0.2, 0.25) is 0 Å². The van der Waals surface area contributed by atoms with Crippen molar-refractivity contribution in [2.45, 2.75) is 39.0 Å². The minimum atomic E-state index is -0.251. The SMILES string of the molecule is CC(C)c1cc(Br)c(F)c(C(C)CC=O)c1. The third-order valence-electron chi connectivity index (χ3n) is 2.73. The standard InChI is InChI=1S/C13H16BrFO/c1-8(2)10-6-11(9(3)4-5-16)13(15)12(14)7-10/h5-9H,4H2,1-3H3. The summed E-state index contributed by atoms with van der Waals surface area (Å²) in [7, 11) is 0. The van der Waals surface area contributed by atoms with E-state index < -0.39 is 0 Å². The molecule has 0 bridgehead atoms. The van der Waals surface area contributed by atoms with Crippen LogP contribution in [-0.2, 0) is 4.79 Å². The molecule has 1 nitrogen and oxygen atoms in total. The van der Waals surface area contributed by atoms with Crippen LogP contribution >= 0.6 is 15.9 Å². The lowest BCUT2D eigenvalue weighted by molar-refractivity contribution is -0.108. The molecule has 0 aliphatic heterocycles. The molecule has 1 aromatic carbocycles. The van der Waals surface area contributed by atoms with Crippen LogP contribution in [-0.4, -0.2) is 6.29 Å². The first-order chi connectivity index (χ1) is 7.47. The van der Waals surface area contributed by atoms with Crippen molar-refractivity contribution in [1.29, 1.82) is 0 Å². The van der Waals surface area contributed by atoms with Crippen LogP contribution in [0.5, 0.6) is 0 Å². The zero-order valence-corrected chi connectivity index (χ0v) is 11.3. The summed E-state index contributed by atoms with van der Waals surface area (Å²) in [5.41, 5.74) is 1.70. The van der Waals surface area contributed by atoms with Crippen molar-refractivity contribution in [2.24, 2.45) is 0 Å². The fourth-order valence-electron chi connectivity index (χ4n) is 1.60. The predicted molar refractivity (Wildman–Crippen MR) is 67.3 cm³/mol. The number of carbonyl (C=O) groups is 1. The summed E-state index contributed by atoms with van der Waals surface area (Å²) in [5.74, 6) is 0.0188. The number of hydrogen-bond donors (Lipinski definition) is 0. The van der Waals surface area contributed by atoms with Crippen LogP contribution in [0.25, 0.3) is 0 Å². The molecule has 0 spiro atoms. The molecule has 16 heavy (non-hydrogen) atoms. The second-order valence-electron chi connectivity index (χ2n) is 4.36. The highest BCUT2D eigenvalue weighted by molar-refractivity contribution is 9.10. The molecular formula is C13H16BrFO. The third-order valence-corrected chi connectivity index (χ3v) is 3.30. The maximum atomic E-state index is 13.9. The molecule has 3 heteroatoms. The Morgan fingerprint density at radius 1 is 1.38 bits per heavy atom. The van der Waals surface area contributed by atoms with Crippen LogP contribution in [0.15, 0.2) is 16.6 Å². The second-order valence-corrected chi connectivity index (χ2v) is 5.22. The second kappa shape index (κ2) is 5.58. The van der Waals surface area contributed by atoms with Gasteiger partial charge >= 0.3 is 0 Å². The average Bonchev–Trinajstić information content (AvgIpc) is 2.21. The Labute approximate surface area is 104 Å². The molecule has 0 saturated carbocycles. The summed E-state index contributed by atoms with van der Waals surface area (Å²) in [6.07, 6.45) is 1.19. The van der Waals surface area contributed by atoms with E-state index in [9.17, 15) is 9.18 Å². The molecule has 0 amide bonds. The number of carbonyl (C=O) groups excluding carboxylic acids is 1. The Morgan fingerprint density at radius 3 is 2.50 bits per heavy atom. The first kappa shape index (κ1) is 13.4. The molecule has 0 radical (unpaired) electrons. The normalized spacial score (nSPS) is 12.9. The Morgan fingerprint density at radius 2 is 2.00 bits per heavy atom. The third kappa shape index (κ3) is 2.91. The average molecular weight is 287 g/mol. The molecular weight excluding hydrogens is 271 g/mol. The number of rotatable bonds is 4. The van der Waals surface area contributed by atoms with Crippen molar-refractivity contribution >= 4 is 22.2 Å². The van der Waals surface area contributed by atoms with Crippen LogP contribution in [0, 0.1) is 5.82 Å². The summed E-state index contributed by atoms with van der Waals surface area (Å²) in [6.45, 7) is 5.99. The lowest BCUT2D eigenvalue weighted by Gasteiger charge is -2.15. The largest absolute Gasteiger partial charge is 0.303 e. The van der Waals surface area contributed by atoms with E-state index in [1.807, 2.05) is 13.0 Å². The molecule has 1 atom stereocenters. The fourth-order valence-corrected chi connectivity index (χ4v) is 2.09. The minimum absolute atomic E-state index is 0.0764. The molecule has 88 valence electrons. The minimum Gasteiger partial charge on any atom is -0.303 e. The molecule has 0 saturated heterocycles. The molecule has 0 fully saturated rings. The number of hydrogen-bond acceptors (Lipinski definition) is 1. The topological polar surface area (TPSA) is 17.1 Å². The molecule has 1 rings (SSSR count). The Hall–Kier alpha value is -0.700. The van der Waals surface area contributed by atoms with Gasteiger partial charge in [-0.25, -0.2) is 4.39 Å². The Kier molecular flexibility index (Phi) is 4.66. The van der Waals surface area contributed by atoms with Crippen molar-refractivity contribution in [3.05, 3.63) is 33.5 Å². The first-order valence-electron chi connectivity index (χ1n) is 5.39. The maximum Gasteiger partial charge on any atom is 0.140 e. The fraction of sp³-hybridized carbons (Fsp3) is 0.462. The van der Waals surface area contributed by atoms with Gasteiger partial charge in [0.1, 0.15) is 12.1 Å². The molecule has 0 aliphatic carbocycles. The Bertz CT molecular complexity index is 388. The van der Waals surface area contributed by atoms with Crippen LogP contribution in [0.1, 0.15) is 50.2 Å². The van der Waals surface area contributed by atoms with Gasteiger partial charge < -0.3 is 4.79 Å². The maximum absolute atomic E-state index is 13.9. The smallest absolute Gasteiger partial charge is 0.140 e. The predicted octanol–water partition coefficient (Wildman–Crippen LogP) is 4.40. The van der Waals surface area contributed by atoms with E-state index in [2.05, 4.69) is 29.8 Å². The highest BCUT2D eigenvalue weighted by Crippen LogP contribution is 2.30. The van der Waals surface area contributed by atoms with Crippen molar-refractivity contribution in [3.63, 3.8) is 0 Å². The number of halogens is 2. The van der Waals surface area contributed by atoms with Gasteiger partial charge in [-0.1, -0.05) is 26.8 Å². The van der Waals surface area contributed by atoms with Crippen molar-refractivity contribution in [3.8, 4) is 0 Å². The van der Waals surface area contributed by atoms with Crippen LogP contribution in [0.2, 0.25) is 0 Å². The van der Waals surface area contributed by atoms with Gasteiger partial charge in [0.15, 0.2) is 0 Å². The van der Waals surface area contributed by atoms with Crippen LogP contribution < -0.4 is 0 Å². The lowest BCUT2D eigenvalue weighted by atomic mass is 9.93. The van der Waals surface area contributed by atoms with E-state index in [4.69, 9.17) is 0 Å². The van der Waals surface area contributed by atoms with Crippen molar-refractivity contribution in [1.82, 2.24) is 0 Å². The summed E-state index contributed by atoms with van der Waals surface area (Å²) < 4.78 is 14.3. The molecule has 1 unspecified atom stereocenters. The summed E-state index contributed by atoms with van der Waals surface area (Å²) in [6, 6.07) is 3.66. The van der Waals surface area contributed by atoms with E-state index in [0.717, 1.165) is 11.8 Å². The zero-order valence-electron chi connectivity index (χ0n) is 9.76. The molecule has 0 N–H and O–H groups in total. The molecule has 1 aromatic rings. The van der Waals surface area contributed by atoms with E-state index >= 15 is 0 Å².